The number of rotatable bonds is 0. The summed E-state index contributed by atoms with van der Waals surface area (Å²) < 4.78 is 0. The molecular weight excluding hydrogens is 212 g/mol. The molecule has 3 fully saturated rings. The van der Waals surface area contributed by atoms with E-state index in [0.29, 0.717) is 0 Å². The highest BCUT2D eigenvalue weighted by atomic mass is 32.2. The second kappa shape index (κ2) is 4.92. The fourth-order valence-electron chi connectivity index (χ4n) is 4.46. The van der Waals surface area contributed by atoms with Gasteiger partial charge >= 0.3 is 0 Å². The Hall–Kier alpha value is 0.350. The minimum atomic E-state index is 1.03. The highest BCUT2D eigenvalue weighted by molar-refractivity contribution is 8.01. The van der Waals surface area contributed by atoms with Crippen LogP contribution in [0.1, 0.15) is 64.7 Å². The van der Waals surface area contributed by atoms with Crippen LogP contribution >= 0.6 is 11.8 Å². The van der Waals surface area contributed by atoms with Crippen LogP contribution in [0.4, 0.5) is 0 Å². The summed E-state index contributed by atoms with van der Waals surface area (Å²) in [5.41, 5.74) is 0. The zero-order valence-electron chi connectivity index (χ0n) is 10.7. The molecule has 2 heterocycles. The quantitative estimate of drug-likeness (QED) is 0.580. The number of hydrogen-bond acceptors (Lipinski definition) is 1. The molecule has 92 valence electrons. The zero-order chi connectivity index (χ0) is 11.0. The van der Waals surface area contributed by atoms with E-state index in [0.717, 1.165) is 28.3 Å². The normalized spacial score (nSPS) is 48.9. The van der Waals surface area contributed by atoms with Crippen molar-refractivity contribution in [3.8, 4) is 0 Å². The van der Waals surface area contributed by atoms with Gasteiger partial charge in [0, 0.05) is 10.5 Å². The molecule has 0 aromatic heterocycles. The van der Waals surface area contributed by atoms with Gasteiger partial charge in [-0.1, -0.05) is 45.4 Å². The molecule has 2 bridgehead atoms. The molecule has 0 nitrogen and oxygen atoms in total. The van der Waals surface area contributed by atoms with E-state index in [1.165, 1.54) is 44.9 Å². The predicted molar refractivity (Wildman–Crippen MR) is 72.9 cm³/mol. The third-order valence-electron chi connectivity index (χ3n) is 5.27. The molecule has 1 heteroatoms. The first kappa shape index (κ1) is 11.4. The van der Waals surface area contributed by atoms with Crippen LogP contribution < -0.4 is 0 Å². The molecule has 5 atom stereocenters. The van der Waals surface area contributed by atoms with Crippen LogP contribution in [-0.2, 0) is 0 Å². The summed E-state index contributed by atoms with van der Waals surface area (Å²) in [5, 5.41) is 2.11. The summed E-state index contributed by atoms with van der Waals surface area (Å²) in [6.07, 6.45) is 13.8. The van der Waals surface area contributed by atoms with Gasteiger partial charge in [0.05, 0.1) is 0 Å². The maximum Gasteiger partial charge on any atom is 0.0107 e. The summed E-state index contributed by atoms with van der Waals surface area (Å²) in [6, 6.07) is 0. The first-order valence-electron chi connectivity index (χ1n) is 7.52. The zero-order valence-corrected chi connectivity index (χ0v) is 11.5. The predicted octanol–water partition coefficient (Wildman–Crippen LogP) is 4.88. The van der Waals surface area contributed by atoms with E-state index >= 15 is 0 Å². The van der Waals surface area contributed by atoms with Crippen molar-refractivity contribution in [2.45, 2.75) is 75.2 Å². The van der Waals surface area contributed by atoms with Gasteiger partial charge in [-0.05, 0) is 37.0 Å². The van der Waals surface area contributed by atoms with E-state index in [-0.39, 0.29) is 0 Å². The average molecular weight is 238 g/mol. The third kappa shape index (κ3) is 2.05. The van der Waals surface area contributed by atoms with Gasteiger partial charge in [0.25, 0.3) is 0 Å². The van der Waals surface area contributed by atoms with E-state index in [2.05, 4.69) is 18.7 Å². The smallest absolute Gasteiger partial charge is 0.0107 e. The molecule has 2 aliphatic heterocycles. The third-order valence-corrected chi connectivity index (χ3v) is 7.29. The number of thioether (sulfide) groups is 1. The Balaban J connectivity index is 1.68. The van der Waals surface area contributed by atoms with E-state index in [9.17, 15) is 0 Å². The first-order chi connectivity index (χ1) is 7.86. The van der Waals surface area contributed by atoms with Gasteiger partial charge in [0.15, 0.2) is 0 Å². The molecule has 0 aromatic rings. The molecule has 16 heavy (non-hydrogen) atoms. The Bertz CT molecular complexity index is 238. The lowest BCUT2D eigenvalue weighted by Crippen LogP contribution is -2.32. The van der Waals surface area contributed by atoms with Crippen molar-refractivity contribution in [1.29, 1.82) is 0 Å². The fourth-order valence-corrected chi connectivity index (χ4v) is 6.73. The Labute approximate surface area is 105 Å². The van der Waals surface area contributed by atoms with Gasteiger partial charge in [-0.25, -0.2) is 0 Å². The van der Waals surface area contributed by atoms with Crippen molar-refractivity contribution in [2.75, 3.05) is 0 Å². The van der Waals surface area contributed by atoms with Gasteiger partial charge in [-0.2, -0.15) is 11.8 Å². The van der Waals surface area contributed by atoms with Crippen molar-refractivity contribution >= 4 is 11.8 Å². The molecule has 0 aromatic carbocycles. The van der Waals surface area contributed by atoms with Crippen molar-refractivity contribution in [3.05, 3.63) is 0 Å². The standard InChI is InChI=1S/C15H26S/c1-11-10-14-12-8-6-4-2-3-5-7-9-13(12)15(11)16-14/h11-15H,2-10H2,1H3/t11-,12?,13?,14?,15?/m0/s1. The second-order valence-corrected chi connectivity index (χ2v) is 7.80. The molecule has 2 saturated heterocycles. The fraction of sp³-hybridized carbons (Fsp3) is 1.00. The summed E-state index contributed by atoms with van der Waals surface area (Å²) in [5.74, 6) is 3.25. The minimum absolute atomic E-state index is 1.03. The molecule has 0 amide bonds. The summed E-state index contributed by atoms with van der Waals surface area (Å²) in [4.78, 5) is 0. The van der Waals surface area contributed by atoms with E-state index < -0.39 is 0 Å². The summed E-state index contributed by atoms with van der Waals surface area (Å²) in [7, 11) is 0. The maximum atomic E-state index is 2.51. The molecule has 4 unspecified atom stereocenters. The van der Waals surface area contributed by atoms with Crippen molar-refractivity contribution in [2.24, 2.45) is 17.8 Å². The Kier molecular flexibility index (Phi) is 3.52. The molecular formula is C15H26S. The molecule has 3 aliphatic rings. The first-order valence-corrected chi connectivity index (χ1v) is 8.46. The van der Waals surface area contributed by atoms with Crippen molar-refractivity contribution < 1.29 is 0 Å². The lowest BCUT2D eigenvalue weighted by Gasteiger charge is -2.34. The average Bonchev–Trinajstić information content (AvgIpc) is 2.81. The lowest BCUT2D eigenvalue weighted by atomic mass is 9.70. The topological polar surface area (TPSA) is 0 Å². The van der Waals surface area contributed by atoms with E-state index in [1.807, 2.05) is 0 Å². The van der Waals surface area contributed by atoms with Gasteiger partial charge in [-0.3, -0.25) is 0 Å². The Morgan fingerprint density at radius 3 is 2.19 bits per heavy atom. The highest BCUT2D eigenvalue weighted by Gasteiger charge is 2.50. The monoisotopic (exact) mass is 238 g/mol. The van der Waals surface area contributed by atoms with Crippen LogP contribution in [0.25, 0.3) is 0 Å². The van der Waals surface area contributed by atoms with E-state index in [1.54, 1.807) is 12.8 Å². The number of fused-ring (bicyclic) bond motifs is 5. The van der Waals surface area contributed by atoms with Crippen LogP contribution in [-0.4, -0.2) is 10.5 Å². The summed E-state index contributed by atoms with van der Waals surface area (Å²) in [6.45, 7) is 2.51. The van der Waals surface area contributed by atoms with Gasteiger partial charge in [0.1, 0.15) is 0 Å². The van der Waals surface area contributed by atoms with Gasteiger partial charge < -0.3 is 0 Å². The molecule has 3 rings (SSSR count). The number of hydrogen-bond donors (Lipinski definition) is 0. The van der Waals surface area contributed by atoms with Gasteiger partial charge in [-0.15, -0.1) is 0 Å². The largest absolute Gasteiger partial charge is 0.154 e. The van der Waals surface area contributed by atoms with E-state index in [4.69, 9.17) is 0 Å². The maximum absolute atomic E-state index is 2.51. The van der Waals surface area contributed by atoms with Crippen LogP contribution in [0, 0.1) is 17.8 Å². The van der Waals surface area contributed by atoms with Crippen LogP contribution in [0.15, 0.2) is 0 Å². The minimum Gasteiger partial charge on any atom is -0.154 e. The lowest BCUT2D eigenvalue weighted by molar-refractivity contribution is 0.202. The van der Waals surface area contributed by atoms with Crippen molar-refractivity contribution in [3.63, 3.8) is 0 Å². The molecule has 0 radical (unpaired) electrons. The Morgan fingerprint density at radius 1 is 0.812 bits per heavy atom. The van der Waals surface area contributed by atoms with Crippen LogP contribution in [0.5, 0.6) is 0 Å². The summed E-state index contributed by atoms with van der Waals surface area (Å²) >= 11 is 2.38. The Morgan fingerprint density at radius 2 is 1.44 bits per heavy atom. The SMILES string of the molecule is C[C@H]1CC2SC1C1CCCCCCCCC21. The van der Waals surface area contributed by atoms with Crippen molar-refractivity contribution in [1.82, 2.24) is 0 Å². The molecule has 0 spiro atoms. The molecule has 1 aliphatic carbocycles. The van der Waals surface area contributed by atoms with Crippen LogP contribution in [0.2, 0.25) is 0 Å². The molecule has 1 saturated carbocycles. The molecule has 0 N–H and O–H groups in total. The van der Waals surface area contributed by atoms with Gasteiger partial charge in [0.2, 0.25) is 0 Å². The van der Waals surface area contributed by atoms with Crippen LogP contribution in [0.3, 0.4) is 0 Å². The second-order valence-electron chi connectivity index (χ2n) is 6.38. The highest BCUT2D eigenvalue weighted by Crippen LogP contribution is 2.58.